The van der Waals surface area contributed by atoms with Crippen molar-refractivity contribution in [3.8, 4) is 5.75 Å². The molecule has 2 rings (SSSR count). The summed E-state index contributed by atoms with van der Waals surface area (Å²) in [6, 6.07) is 8.96. The highest BCUT2D eigenvalue weighted by Gasteiger charge is 2.23. The van der Waals surface area contributed by atoms with Crippen LogP contribution in [0.5, 0.6) is 5.75 Å². The first-order valence-corrected chi connectivity index (χ1v) is 9.72. The molecule has 1 aliphatic heterocycles. The molecule has 0 aliphatic carbocycles. The number of benzene rings is 1. The smallest absolute Gasteiger partial charge is 0.191 e. The van der Waals surface area contributed by atoms with Gasteiger partial charge >= 0.3 is 0 Å². The van der Waals surface area contributed by atoms with Crippen molar-refractivity contribution in [1.82, 2.24) is 15.5 Å². The average Bonchev–Trinajstić information content (AvgIpc) is 2.65. The molecule has 1 aromatic carbocycles. The SMILES string of the molecule is CCNC(=NCc1ccccc1OCC)NCC(C)N1CCOCC1C.I. The van der Waals surface area contributed by atoms with Crippen molar-refractivity contribution in [3.05, 3.63) is 29.8 Å². The number of guanidine groups is 1. The van der Waals surface area contributed by atoms with E-state index in [4.69, 9.17) is 14.5 Å². The van der Waals surface area contributed by atoms with E-state index in [1.807, 2.05) is 25.1 Å². The number of rotatable bonds is 8. The summed E-state index contributed by atoms with van der Waals surface area (Å²) in [5.74, 6) is 1.75. The molecule has 0 amide bonds. The summed E-state index contributed by atoms with van der Waals surface area (Å²) < 4.78 is 11.2. The second-order valence-corrected chi connectivity index (χ2v) is 6.63. The summed E-state index contributed by atoms with van der Waals surface area (Å²) in [4.78, 5) is 7.22. The lowest BCUT2D eigenvalue weighted by atomic mass is 10.2. The second kappa shape index (κ2) is 13.2. The Morgan fingerprint density at radius 1 is 1.33 bits per heavy atom. The average molecular weight is 490 g/mol. The van der Waals surface area contributed by atoms with Gasteiger partial charge in [-0.1, -0.05) is 18.2 Å². The fourth-order valence-electron chi connectivity index (χ4n) is 3.19. The van der Waals surface area contributed by atoms with Gasteiger partial charge in [-0.3, -0.25) is 4.90 Å². The number of morpholine rings is 1. The van der Waals surface area contributed by atoms with Gasteiger partial charge in [-0.15, -0.1) is 24.0 Å². The Kier molecular flexibility index (Phi) is 11.7. The van der Waals surface area contributed by atoms with Crippen LogP contribution in [0.15, 0.2) is 29.3 Å². The van der Waals surface area contributed by atoms with Gasteiger partial charge in [-0.2, -0.15) is 0 Å². The molecule has 2 unspecified atom stereocenters. The minimum Gasteiger partial charge on any atom is -0.494 e. The molecule has 154 valence electrons. The first-order valence-electron chi connectivity index (χ1n) is 9.72. The van der Waals surface area contributed by atoms with Crippen LogP contribution in [0.1, 0.15) is 33.3 Å². The fourth-order valence-corrected chi connectivity index (χ4v) is 3.19. The number of hydrogen-bond acceptors (Lipinski definition) is 4. The Bertz CT molecular complexity index is 571. The van der Waals surface area contributed by atoms with Crippen molar-refractivity contribution in [3.63, 3.8) is 0 Å². The lowest BCUT2D eigenvalue weighted by Crippen LogP contribution is -2.53. The first-order chi connectivity index (χ1) is 12.7. The molecule has 2 atom stereocenters. The van der Waals surface area contributed by atoms with Crippen LogP contribution < -0.4 is 15.4 Å². The highest BCUT2D eigenvalue weighted by Crippen LogP contribution is 2.18. The molecule has 0 bridgehead atoms. The van der Waals surface area contributed by atoms with Gasteiger partial charge in [-0.25, -0.2) is 4.99 Å². The highest BCUT2D eigenvalue weighted by atomic mass is 127. The van der Waals surface area contributed by atoms with Crippen LogP contribution in [0.4, 0.5) is 0 Å². The minimum absolute atomic E-state index is 0. The van der Waals surface area contributed by atoms with E-state index in [0.29, 0.717) is 25.2 Å². The van der Waals surface area contributed by atoms with E-state index in [1.165, 1.54) is 0 Å². The van der Waals surface area contributed by atoms with Gasteiger partial charge in [0.15, 0.2) is 5.96 Å². The lowest BCUT2D eigenvalue weighted by Gasteiger charge is -2.38. The molecule has 7 heteroatoms. The zero-order valence-electron chi connectivity index (χ0n) is 17.0. The van der Waals surface area contributed by atoms with Crippen LogP contribution in [-0.2, 0) is 11.3 Å². The summed E-state index contributed by atoms with van der Waals surface area (Å²) in [5, 5.41) is 6.80. The second-order valence-electron chi connectivity index (χ2n) is 6.63. The zero-order valence-corrected chi connectivity index (χ0v) is 19.4. The Labute approximate surface area is 181 Å². The molecule has 1 aromatic rings. The van der Waals surface area contributed by atoms with Crippen LogP contribution >= 0.6 is 24.0 Å². The molecular weight excluding hydrogens is 455 g/mol. The maximum atomic E-state index is 5.69. The van der Waals surface area contributed by atoms with Crippen molar-refractivity contribution in [1.29, 1.82) is 0 Å². The summed E-state index contributed by atoms with van der Waals surface area (Å²) in [6.07, 6.45) is 0. The van der Waals surface area contributed by atoms with Crippen molar-refractivity contribution in [2.75, 3.05) is 39.5 Å². The van der Waals surface area contributed by atoms with Gasteiger partial charge in [0.25, 0.3) is 0 Å². The molecule has 6 nitrogen and oxygen atoms in total. The van der Waals surface area contributed by atoms with E-state index >= 15 is 0 Å². The Balaban J connectivity index is 0.00000364. The Morgan fingerprint density at radius 2 is 2.11 bits per heavy atom. The van der Waals surface area contributed by atoms with Crippen LogP contribution in [-0.4, -0.2) is 62.4 Å². The van der Waals surface area contributed by atoms with Crippen molar-refractivity contribution in [2.45, 2.75) is 46.3 Å². The number of halogens is 1. The normalized spacial score (nSPS) is 19.1. The van der Waals surface area contributed by atoms with Crippen LogP contribution in [0.25, 0.3) is 0 Å². The van der Waals surface area contributed by atoms with E-state index in [9.17, 15) is 0 Å². The van der Waals surface area contributed by atoms with Gasteiger partial charge in [0.1, 0.15) is 5.75 Å². The zero-order chi connectivity index (χ0) is 18.8. The molecule has 1 heterocycles. The van der Waals surface area contributed by atoms with Crippen LogP contribution in [0.3, 0.4) is 0 Å². The molecule has 1 aliphatic rings. The number of hydrogen-bond donors (Lipinski definition) is 2. The van der Waals surface area contributed by atoms with Crippen LogP contribution in [0.2, 0.25) is 0 Å². The van der Waals surface area contributed by atoms with Gasteiger partial charge in [0.2, 0.25) is 0 Å². The summed E-state index contributed by atoms with van der Waals surface area (Å²) in [5.41, 5.74) is 1.10. The molecule has 0 spiro atoms. The standard InChI is InChI=1S/C20H34N4O2.HI/c1-5-21-20(22-13-16(3)24-11-12-25-15-17(24)4)23-14-18-9-7-8-10-19(18)26-6-2;/h7-10,16-17H,5-6,11-15H2,1-4H3,(H2,21,22,23);1H. The largest absolute Gasteiger partial charge is 0.494 e. The quantitative estimate of drug-likeness (QED) is 0.334. The number of nitrogens with one attached hydrogen (secondary N) is 2. The van der Waals surface area contributed by atoms with E-state index in [2.05, 4.69) is 42.4 Å². The van der Waals surface area contributed by atoms with E-state index in [1.54, 1.807) is 0 Å². The number of ether oxygens (including phenoxy) is 2. The fraction of sp³-hybridized carbons (Fsp3) is 0.650. The van der Waals surface area contributed by atoms with Crippen molar-refractivity contribution < 1.29 is 9.47 Å². The molecule has 0 radical (unpaired) electrons. The molecular formula is C20H35IN4O2. The molecule has 2 N–H and O–H groups in total. The third kappa shape index (κ3) is 7.83. The minimum atomic E-state index is 0. The van der Waals surface area contributed by atoms with Crippen LogP contribution in [0, 0.1) is 0 Å². The highest BCUT2D eigenvalue weighted by molar-refractivity contribution is 14.0. The third-order valence-electron chi connectivity index (χ3n) is 4.57. The van der Waals surface area contributed by atoms with Gasteiger partial charge in [0.05, 0.1) is 26.4 Å². The van der Waals surface area contributed by atoms with Gasteiger partial charge < -0.3 is 20.1 Å². The van der Waals surface area contributed by atoms with E-state index in [-0.39, 0.29) is 24.0 Å². The number of aliphatic imine (C=N–C) groups is 1. The maximum Gasteiger partial charge on any atom is 0.191 e. The number of para-hydroxylation sites is 1. The van der Waals surface area contributed by atoms with Crippen molar-refractivity contribution in [2.24, 2.45) is 4.99 Å². The third-order valence-corrected chi connectivity index (χ3v) is 4.57. The monoisotopic (exact) mass is 490 g/mol. The van der Waals surface area contributed by atoms with Crippen molar-refractivity contribution >= 4 is 29.9 Å². The Hall–Kier alpha value is -1.06. The Morgan fingerprint density at radius 3 is 2.81 bits per heavy atom. The van der Waals surface area contributed by atoms with Gasteiger partial charge in [-0.05, 0) is 33.8 Å². The predicted octanol–water partition coefficient (Wildman–Crippen LogP) is 2.87. The predicted molar refractivity (Wildman–Crippen MR) is 122 cm³/mol. The van der Waals surface area contributed by atoms with Gasteiger partial charge in [0, 0.05) is 37.3 Å². The summed E-state index contributed by atoms with van der Waals surface area (Å²) in [7, 11) is 0. The summed E-state index contributed by atoms with van der Waals surface area (Å²) in [6.45, 7) is 14.1. The van der Waals surface area contributed by atoms with E-state index < -0.39 is 0 Å². The lowest BCUT2D eigenvalue weighted by molar-refractivity contribution is -0.0174. The molecule has 0 aromatic heterocycles. The van der Waals surface area contributed by atoms with E-state index in [0.717, 1.165) is 50.1 Å². The topological polar surface area (TPSA) is 58.1 Å². The molecule has 0 saturated carbocycles. The molecule has 1 saturated heterocycles. The number of nitrogens with zero attached hydrogens (tertiary/aromatic N) is 2. The molecule has 1 fully saturated rings. The first kappa shape index (κ1) is 24.0. The molecule has 27 heavy (non-hydrogen) atoms. The maximum absolute atomic E-state index is 5.69. The summed E-state index contributed by atoms with van der Waals surface area (Å²) >= 11 is 0.